The Bertz CT molecular complexity index is 223. The monoisotopic (exact) mass is 223 g/mol. The summed E-state index contributed by atoms with van der Waals surface area (Å²) in [6.45, 7) is 0. The van der Waals surface area contributed by atoms with Crippen molar-refractivity contribution in [2.24, 2.45) is 5.92 Å². The molecule has 1 aliphatic carbocycles. The van der Waals surface area contributed by atoms with Crippen LogP contribution in [0, 0.1) is 5.92 Å². The highest BCUT2D eigenvalue weighted by atomic mass is 16.1. The van der Waals surface area contributed by atoms with Gasteiger partial charge in [-0.15, -0.1) is 0 Å². The van der Waals surface area contributed by atoms with E-state index in [2.05, 4.69) is 0 Å². The second kappa shape index (κ2) is 7.48. The first-order chi connectivity index (χ1) is 7.70. The Morgan fingerprint density at radius 1 is 1.00 bits per heavy atom. The topological polar surface area (TPSA) is 20.3 Å². The van der Waals surface area contributed by atoms with E-state index in [9.17, 15) is 4.79 Å². The van der Waals surface area contributed by atoms with E-state index in [1.54, 1.807) is 6.08 Å². The maximum Gasteiger partial charge on any atom is 0.160 e. The Labute approximate surface area is 99.7 Å². The normalized spacial score (nSPS) is 20.1. The SMILES string of the molecule is CN(C)/C=C\C(=O)C1CCCCCCCC1. The lowest BCUT2D eigenvalue weighted by molar-refractivity contribution is -0.118. The standard InChI is InChI=1S/C14H25NO/c1-15(2)12-11-14(16)13-9-7-5-3-4-6-8-10-13/h11-13H,3-10H2,1-2H3/b12-11-. The molecule has 1 rings (SSSR count). The Balaban J connectivity index is 2.44. The first-order valence-corrected chi connectivity index (χ1v) is 6.58. The van der Waals surface area contributed by atoms with Crippen molar-refractivity contribution >= 4 is 5.78 Å². The second-order valence-electron chi connectivity index (χ2n) is 5.08. The minimum Gasteiger partial charge on any atom is -0.383 e. The van der Waals surface area contributed by atoms with Crippen LogP contribution in [0.2, 0.25) is 0 Å². The number of ketones is 1. The van der Waals surface area contributed by atoms with Crippen LogP contribution < -0.4 is 0 Å². The number of allylic oxidation sites excluding steroid dienone is 1. The van der Waals surface area contributed by atoms with Gasteiger partial charge < -0.3 is 4.90 Å². The summed E-state index contributed by atoms with van der Waals surface area (Å²) in [5.74, 6) is 0.616. The van der Waals surface area contributed by atoms with Gasteiger partial charge in [-0.05, 0) is 18.9 Å². The molecule has 0 amide bonds. The van der Waals surface area contributed by atoms with Gasteiger partial charge in [0.15, 0.2) is 5.78 Å². The van der Waals surface area contributed by atoms with E-state index >= 15 is 0 Å². The number of hydrogen-bond donors (Lipinski definition) is 0. The summed E-state index contributed by atoms with van der Waals surface area (Å²) >= 11 is 0. The lowest BCUT2D eigenvalue weighted by atomic mass is 9.92. The third kappa shape index (κ3) is 5.34. The van der Waals surface area contributed by atoms with E-state index in [1.165, 1.54) is 38.5 Å². The molecule has 0 aromatic heterocycles. The molecule has 1 fully saturated rings. The molecule has 92 valence electrons. The third-order valence-electron chi connectivity index (χ3n) is 3.29. The van der Waals surface area contributed by atoms with Crippen LogP contribution in [0.4, 0.5) is 0 Å². The zero-order chi connectivity index (χ0) is 11.8. The van der Waals surface area contributed by atoms with Crippen LogP contribution in [0.25, 0.3) is 0 Å². The highest BCUT2D eigenvalue weighted by Gasteiger charge is 2.16. The Morgan fingerprint density at radius 3 is 2.00 bits per heavy atom. The van der Waals surface area contributed by atoms with Gasteiger partial charge in [-0.3, -0.25) is 4.79 Å². The molecule has 0 aromatic carbocycles. The van der Waals surface area contributed by atoms with E-state index in [-0.39, 0.29) is 5.92 Å². The van der Waals surface area contributed by atoms with Crippen molar-refractivity contribution in [2.45, 2.75) is 51.4 Å². The summed E-state index contributed by atoms with van der Waals surface area (Å²) in [7, 11) is 3.90. The Hall–Kier alpha value is -0.790. The van der Waals surface area contributed by atoms with Gasteiger partial charge in [0.1, 0.15) is 0 Å². The van der Waals surface area contributed by atoms with Crippen molar-refractivity contribution in [2.75, 3.05) is 14.1 Å². The molecule has 0 unspecified atom stereocenters. The van der Waals surface area contributed by atoms with Crippen molar-refractivity contribution in [3.8, 4) is 0 Å². The summed E-state index contributed by atoms with van der Waals surface area (Å²) < 4.78 is 0. The van der Waals surface area contributed by atoms with Gasteiger partial charge >= 0.3 is 0 Å². The molecule has 2 nitrogen and oxygen atoms in total. The first kappa shape index (κ1) is 13.3. The molecular formula is C14H25NO. The van der Waals surface area contributed by atoms with Gasteiger partial charge in [0.2, 0.25) is 0 Å². The van der Waals surface area contributed by atoms with Crippen molar-refractivity contribution in [1.82, 2.24) is 4.90 Å². The average molecular weight is 223 g/mol. The minimum atomic E-state index is 0.286. The van der Waals surface area contributed by atoms with Crippen LogP contribution in [0.15, 0.2) is 12.3 Å². The van der Waals surface area contributed by atoms with Crippen molar-refractivity contribution in [3.05, 3.63) is 12.3 Å². The van der Waals surface area contributed by atoms with Gasteiger partial charge in [-0.1, -0.05) is 38.5 Å². The fourth-order valence-electron chi connectivity index (χ4n) is 2.28. The van der Waals surface area contributed by atoms with Crippen LogP contribution in [-0.4, -0.2) is 24.8 Å². The molecule has 0 saturated heterocycles. The van der Waals surface area contributed by atoms with Crippen LogP contribution >= 0.6 is 0 Å². The smallest absolute Gasteiger partial charge is 0.160 e. The maximum atomic E-state index is 12.0. The fourth-order valence-corrected chi connectivity index (χ4v) is 2.28. The Morgan fingerprint density at radius 2 is 1.50 bits per heavy atom. The van der Waals surface area contributed by atoms with Crippen LogP contribution in [0.3, 0.4) is 0 Å². The molecule has 0 heterocycles. The number of hydrogen-bond acceptors (Lipinski definition) is 2. The van der Waals surface area contributed by atoms with Crippen LogP contribution in [0.5, 0.6) is 0 Å². The summed E-state index contributed by atoms with van der Waals surface area (Å²) in [5.41, 5.74) is 0. The van der Waals surface area contributed by atoms with Crippen LogP contribution in [0.1, 0.15) is 51.4 Å². The van der Waals surface area contributed by atoms with Crippen molar-refractivity contribution in [1.29, 1.82) is 0 Å². The van der Waals surface area contributed by atoms with E-state index in [4.69, 9.17) is 0 Å². The van der Waals surface area contributed by atoms with Crippen molar-refractivity contribution in [3.63, 3.8) is 0 Å². The van der Waals surface area contributed by atoms with E-state index in [1.807, 2.05) is 25.2 Å². The minimum absolute atomic E-state index is 0.286. The molecule has 1 aliphatic rings. The molecule has 0 aliphatic heterocycles. The summed E-state index contributed by atoms with van der Waals surface area (Å²) in [6, 6.07) is 0. The molecule has 0 N–H and O–H groups in total. The molecule has 2 heteroatoms. The third-order valence-corrected chi connectivity index (χ3v) is 3.29. The fraction of sp³-hybridized carbons (Fsp3) is 0.786. The number of carbonyl (C=O) groups excluding carboxylic acids is 1. The number of rotatable bonds is 3. The molecule has 1 saturated carbocycles. The predicted octanol–water partition coefficient (Wildman–Crippen LogP) is 3.38. The lowest BCUT2D eigenvalue weighted by Crippen LogP contribution is -2.13. The highest BCUT2D eigenvalue weighted by molar-refractivity contribution is 5.91. The number of carbonyl (C=O) groups is 1. The van der Waals surface area contributed by atoms with E-state index in [0.29, 0.717) is 5.78 Å². The summed E-state index contributed by atoms with van der Waals surface area (Å²) in [5, 5.41) is 0. The van der Waals surface area contributed by atoms with E-state index in [0.717, 1.165) is 12.8 Å². The largest absolute Gasteiger partial charge is 0.383 e. The quantitative estimate of drug-likeness (QED) is 0.684. The van der Waals surface area contributed by atoms with E-state index < -0.39 is 0 Å². The van der Waals surface area contributed by atoms with Crippen LogP contribution in [-0.2, 0) is 4.79 Å². The maximum absolute atomic E-state index is 12.0. The van der Waals surface area contributed by atoms with Gasteiger partial charge in [0, 0.05) is 26.2 Å². The predicted molar refractivity (Wildman–Crippen MR) is 68.3 cm³/mol. The Kier molecular flexibility index (Phi) is 6.20. The molecule has 16 heavy (non-hydrogen) atoms. The first-order valence-electron chi connectivity index (χ1n) is 6.58. The molecule has 0 radical (unpaired) electrons. The molecular weight excluding hydrogens is 198 g/mol. The van der Waals surface area contributed by atoms with Gasteiger partial charge in [0.05, 0.1) is 0 Å². The van der Waals surface area contributed by atoms with Gasteiger partial charge in [-0.25, -0.2) is 0 Å². The van der Waals surface area contributed by atoms with Crippen molar-refractivity contribution < 1.29 is 4.79 Å². The summed E-state index contributed by atoms with van der Waals surface area (Å²) in [6.07, 6.45) is 13.6. The molecule has 0 spiro atoms. The zero-order valence-electron chi connectivity index (χ0n) is 10.7. The lowest BCUT2D eigenvalue weighted by Gasteiger charge is -2.12. The molecule has 0 aromatic rings. The zero-order valence-corrected chi connectivity index (χ0v) is 10.7. The molecule has 0 atom stereocenters. The van der Waals surface area contributed by atoms with Gasteiger partial charge in [-0.2, -0.15) is 0 Å². The molecule has 0 bridgehead atoms. The van der Waals surface area contributed by atoms with Gasteiger partial charge in [0.25, 0.3) is 0 Å². The summed E-state index contributed by atoms with van der Waals surface area (Å²) in [4.78, 5) is 13.9. The number of nitrogens with zero attached hydrogens (tertiary/aromatic N) is 1. The highest BCUT2D eigenvalue weighted by Crippen LogP contribution is 2.22. The average Bonchev–Trinajstić information content (AvgIpc) is 2.38. The second-order valence-corrected chi connectivity index (χ2v) is 5.08.